The van der Waals surface area contributed by atoms with E-state index in [2.05, 4.69) is 25.9 Å². The molecule has 1 N–H and O–H groups in total. The highest BCUT2D eigenvalue weighted by molar-refractivity contribution is 9.09. The molecule has 2 rings (SSSR count). The highest BCUT2D eigenvalue weighted by Crippen LogP contribution is 2.33. The molecule has 2 aromatic carbocycles. The number of nitrogens with zero attached hydrogens (tertiary/aromatic N) is 1. The van der Waals surface area contributed by atoms with E-state index in [0.717, 1.165) is 6.21 Å². The van der Waals surface area contributed by atoms with E-state index in [1.165, 1.54) is 19.2 Å². The fourth-order valence-electron chi connectivity index (χ4n) is 2.68. The van der Waals surface area contributed by atoms with Gasteiger partial charge in [-0.25, -0.2) is 14.0 Å². The Balaban J connectivity index is 2.25. The summed E-state index contributed by atoms with van der Waals surface area (Å²) in [6.07, 6.45) is -0.739. The predicted molar refractivity (Wildman–Crippen MR) is 106 cm³/mol. The molecular formula is C20H19BrFNO5. The van der Waals surface area contributed by atoms with Crippen molar-refractivity contribution in [2.45, 2.75) is 16.9 Å². The number of aromatic carboxylic acids is 1. The van der Waals surface area contributed by atoms with Gasteiger partial charge in [-0.15, -0.1) is 0 Å². The third kappa shape index (κ3) is 5.63. The Kier molecular flexibility index (Phi) is 8.13. The lowest BCUT2D eigenvalue weighted by molar-refractivity contribution is 0.0494. The number of carboxylic acid groups (broad SMARTS) is 1. The number of oxime groups is 1. The smallest absolute Gasteiger partial charge is 0.338 e. The summed E-state index contributed by atoms with van der Waals surface area (Å²) in [7, 11) is 1.27. The molecule has 0 spiro atoms. The van der Waals surface area contributed by atoms with Crippen LogP contribution in [-0.2, 0) is 9.57 Å². The number of rotatable bonds is 9. The van der Waals surface area contributed by atoms with Gasteiger partial charge in [0.25, 0.3) is 0 Å². The third-order valence-electron chi connectivity index (χ3n) is 3.97. The van der Waals surface area contributed by atoms with Crippen LogP contribution in [0.15, 0.2) is 59.8 Å². The van der Waals surface area contributed by atoms with Crippen molar-refractivity contribution in [1.29, 1.82) is 0 Å². The lowest BCUT2D eigenvalue weighted by Gasteiger charge is -2.25. The minimum atomic E-state index is -1.68. The average Bonchev–Trinajstić information content (AvgIpc) is 2.71. The van der Waals surface area contributed by atoms with Gasteiger partial charge in [0.1, 0.15) is 19.9 Å². The van der Waals surface area contributed by atoms with Crippen molar-refractivity contribution in [3.8, 4) is 0 Å². The second kappa shape index (κ2) is 10.6. The molecule has 0 aromatic heterocycles. The van der Waals surface area contributed by atoms with E-state index >= 15 is 0 Å². The van der Waals surface area contributed by atoms with Gasteiger partial charge >= 0.3 is 11.9 Å². The van der Waals surface area contributed by atoms with E-state index in [1.807, 2.05) is 0 Å². The summed E-state index contributed by atoms with van der Waals surface area (Å²) in [4.78, 5) is 27.5. The fourth-order valence-corrected chi connectivity index (χ4v) is 3.39. The Morgan fingerprint density at radius 2 is 1.82 bits per heavy atom. The SMILES string of the molecule is CON=C[C@H](F)[C@H](c1ccccc1C(=O)O)[C@H](Br)COC(=O)c1ccccc1. The predicted octanol–water partition coefficient (Wildman–Crippen LogP) is 4.06. The van der Waals surface area contributed by atoms with Crippen molar-refractivity contribution in [2.24, 2.45) is 5.16 Å². The average molecular weight is 452 g/mol. The molecule has 0 fully saturated rings. The van der Waals surface area contributed by atoms with Crippen LogP contribution < -0.4 is 0 Å². The fraction of sp³-hybridized carbons (Fsp3) is 0.250. The zero-order valence-electron chi connectivity index (χ0n) is 15.0. The number of hydrogen-bond acceptors (Lipinski definition) is 5. The van der Waals surface area contributed by atoms with Crippen LogP contribution in [0.5, 0.6) is 0 Å². The molecule has 0 aliphatic heterocycles. The van der Waals surface area contributed by atoms with Crippen LogP contribution >= 0.6 is 15.9 Å². The van der Waals surface area contributed by atoms with Gasteiger partial charge in [0.15, 0.2) is 0 Å². The number of ether oxygens (including phenoxy) is 1. The summed E-state index contributed by atoms with van der Waals surface area (Å²) in [5.41, 5.74) is 0.574. The maximum absolute atomic E-state index is 14.9. The van der Waals surface area contributed by atoms with E-state index in [-0.39, 0.29) is 17.7 Å². The molecule has 2 aromatic rings. The van der Waals surface area contributed by atoms with E-state index in [0.29, 0.717) is 5.56 Å². The van der Waals surface area contributed by atoms with Gasteiger partial charge in [-0.3, -0.25) is 0 Å². The normalized spacial score (nSPS) is 14.2. The minimum Gasteiger partial charge on any atom is -0.478 e. The first-order valence-electron chi connectivity index (χ1n) is 8.35. The summed E-state index contributed by atoms with van der Waals surface area (Å²) in [5, 5.41) is 12.9. The van der Waals surface area contributed by atoms with Crippen molar-refractivity contribution in [2.75, 3.05) is 13.7 Å². The van der Waals surface area contributed by atoms with Crippen LogP contribution in [0.3, 0.4) is 0 Å². The molecule has 0 bridgehead atoms. The molecule has 0 amide bonds. The lowest BCUT2D eigenvalue weighted by Crippen LogP contribution is -2.30. The maximum Gasteiger partial charge on any atom is 0.338 e. The molecule has 3 atom stereocenters. The number of halogens is 2. The highest BCUT2D eigenvalue weighted by atomic mass is 79.9. The summed E-state index contributed by atoms with van der Waals surface area (Å²) in [5.74, 6) is -2.72. The van der Waals surface area contributed by atoms with Crippen LogP contribution in [-0.4, -0.2) is 48.0 Å². The number of alkyl halides is 2. The first kappa shape index (κ1) is 21.6. The number of carboxylic acids is 1. The largest absolute Gasteiger partial charge is 0.478 e. The second-order valence-corrected chi connectivity index (χ2v) is 6.96. The van der Waals surface area contributed by atoms with E-state index < -0.39 is 28.9 Å². The lowest BCUT2D eigenvalue weighted by atomic mass is 9.88. The summed E-state index contributed by atoms with van der Waals surface area (Å²) < 4.78 is 20.2. The molecule has 8 heteroatoms. The van der Waals surface area contributed by atoms with Crippen molar-refractivity contribution in [1.82, 2.24) is 0 Å². The Morgan fingerprint density at radius 1 is 1.18 bits per heavy atom. The monoisotopic (exact) mass is 451 g/mol. The molecular weight excluding hydrogens is 433 g/mol. The molecule has 0 heterocycles. The van der Waals surface area contributed by atoms with Gasteiger partial charge in [-0.2, -0.15) is 0 Å². The second-order valence-electron chi connectivity index (χ2n) is 5.78. The van der Waals surface area contributed by atoms with Gasteiger partial charge in [0, 0.05) is 5.92 Å². The van der Waals surface area contributed by atoms with Crippen LogP contribution in [0, 0.1) is 0 Å². The van der Waals surface area contributed by atoms with Gasteiger partial charge in [0.2, 0.25) is 0 Å². The van der Waals surface area contributed by atoms with Crippen LogP contribution in [0.1, 0.15) is 32.2 Å². The molecule has 0 radical (unpaired) electrons. The Morgan fingerprint density at radius 3 is 2.46 bits per heavy atom. The third-order valence-corrected chi connectivity index (χ3v) is 4.81. The van der Waals surface area contributed by atoms with Crippen LogP contribution in [0.25, 0.3) is 0 Å². The Hall–Kier alpha value is -2.74. The van der Waals surface area contributed by atoms with Crippen molar-refractivity contribution >= 4 is 34.1 Å². The molecule has 28 heavy (non-hydrogen) atoms. The Labute approximate surface area is 170 Å². The van der Waals surface area contributed by atoms with E-state index in [4.69, 9.17) is 4.74 Å². The summed E-state index contributed by atoms with van der Waals surface area (Å²) in [6.45, 7) is -0.173. The first-order valence-corrected chi connectivity index (χ1v) is 9.26. The van der Waals surface area contributed by atoms with Crippen LogP contribution in [0.2, 0.25) is 0 Å². The zero-order chi connectivity index (χ0) is 20.5. The van der Waals surface area contributed by atoms with E-state index in [1.54, 1.807) is 42.5 Å². The van der Waals surface area contributed by atoms with Gasteiger partial charge in [-0.05, 0) is 23.8 Å². The zero-order valence-corrected chi connectivity index (χ0v) is 16.6. The van der Waals surface area contributed by atoms with E-state index in [9.17, 15) is 19.1 Å². The van der Waals surface area contributed by atoms with Crippen molar-refractivity contribution in [3.05, 3.63) is 71.3 Å². The number of hydrogen-bond donors (Lipinski definition) is 1. The molecule has 148 valence electrons. The number of carbonyl (C=O) groups is 2. The molecule has 0 aliphatic carbocycles. The summed E-state index contributed by atoms with van der Waals surface area (Å²) in [6, 6.07) is 14.5. The van der Waals surface area contributed by atoms with Crippen LogP contribution in [0.4, 0.5) is 4.39 Å². The number of carbonyl (C=O) groups excluding carboxylic acids is 1. The Bertz CT molecular complexity index is 830. The molecule has 0 saturated carbocycles. The highest BCUT2D eigenvalue weighted by Gasteiger charge is 2.33. The maximum atomic E-state index is 14.9. The van der Waals surface area contributed by atoms with Gasteiger partial charge < -0.3 is 14.7 Å². The molecule has 0 saturated heterocycles. The number of benzene rings is 2. The number of esters is 1. The summed E-state index contributed by atoms with van der Waals surface area (Å²) >= 11 is 3.35. The quantitative estimate of drug-likeness (QED) is 0.269. The molecule has 0 aliphatic rings. The topological polar surface area (TPSA) is 85.2 Å². The molecule has 0 unspecified atom stereocenters. The van der Waals surface area contributed by atoms with Gasteiger partial charge in [-0.1, -0.05) is 57.5 Å². The molecule has 6 nitrogen and oxygen atoms in total. The first-order chi connectivity index (χ1) is 13.5. The standard InChI is InChI=1S/C20H19BrFNO5/c1-27-23-11-17(22)18(14-9-5-6-10-15(14)19(24)25)16(21)12-28-20(26)13-7-3-2-4-8-13/h2-11,16-18H,12H2,1H3,(H,24,25)/t16-,17+,18-/m1/s1. The van der Waals surface area contributed by atoms with Crippen molar-refractivity contribution in [3.63, 3.8) is 0 Å². The van der Waals surface area contributed by atoms with Crippen molar-refractivity contribution < 1.29 is 28.7 Å². The van der Waals surface area contributed by atoms with Gasteiger partial charge in [0.05, 0.1) is 22.2 Å². The minimum absolute atomic E-state index is 0.0418.